The second-order valence-electron chi connectivity index (χ2n) is 8.94. The average Bonchev–Trinajstić information content (AvgIpc) is 2.81. The first-order valence-electron chi connectivity index (χ1n) is 11.3. The van der Waals surface area contributed by atoms with Gasteiger partial charge in [-0.25, -0.2) is 0 Å². The molecule has 4 rings (SSSR count). The van der Waals surface area contributed by atoms with Crippen molar-refractivity contribution in [3.63, 3.8) is 0 Å². The van der Waals surface area contributed by atoms with Crippen LogP contribution in [0.2, 0.25) is 0 Å². The van der Waals surface area contributed by atoms with Gasteiger partial charge in [-0.05, 0) is 61.0 Å². The summed E-state index contributed by atoms with van der Waals surface area (Å²) in [4.78, 5) is 21.2. The molecule has 0 saturated carbocycles. The fraction of sp³-hybridized carbons (Fsp3) is 0.308. The van der Waals surface area contributed by atoms with Gasteiger partial charge in [-0.2, -0.15) is 13.2 Å². The first-order chi connectivity index (χ1) is 16.6. The molecule has 1 aliphatic rings. The Bertz CT molecular complexity index is 1220. The zero-order valence-electron chi connectivity index (χ0n) is 19.7. The largest absolute Gasteiger partial charge is 0.416 e. The SMILES string of the molecule is Cc1ccc(C(=O)Nc2ccc(CN3CCN(C)CC3)c(C(F)(F)F)c2)cc1-c1cncc(N)c1. The van der Waals surface area contributed by atoms with Crippen molar-refractivity contribution in [2.24, 2.45) is 0 Å². The molecule has 0 spiro atoms. The average molecular weight is 484 g/mol. The van der Waals surface area contributed by atoms with Gasteiger partial charge in [-0.3, -0.25) is 14.7 Å². The number of carbonyl (C=O) groups is 1. The van der Waals surface area contributed by atoms with Crippen LogP contribution in [0.5, 0.6) is 0 Å². The predicted octanol–water partition coefficient (Wildman–Crippen LogP) is 4.66. The number of alkyl halides is 3. The van der Waals surface area contributed by atoms with Crippen LogP contribution < -0.4 is 11.1 Å². The number of nitrogen functional groups attached to an aromatic ring is 1. The lowest BCUT2D eigenvalue weighted by molar-refractivity contribution is -0.138. The Kier molecular flexibility index (Phi) is 7.09. The minimum Gasteiger partial charge on any atom is -0.397 e. The Hall–Kier alpha value is -3.43. The Labute approximate surface area is 202 Å². The van der Waals surface area contributed by atoms with Gasteiger partial charge >= 0.3 is 6.18 Å². The van der Waals surface area contributed by atoms with Crippen LogP contribution in [0.15, 0.2) is 54.9 Å². The summed E-state index contributed by atoms with van der Waals surface area (Å²) in [5.74, 6) is -0.497. The van der Waals surface area contributed by atoms with E-state index in [0.29, 0.717) is 24.3 Å². The van der Waals surface area contributed by atoms with Crippen molar-refractivity contribution in [1.29, 1.82) is 0 Å². The number of nitrogens with one attached hydrogen (secondary N) is 1. The molecule has 9 heteroatoms. The molecule has 3 N–H and O–H groups in total. The van der Waals surface area contributed by atoms with E-state index in [2.05, 4.69) is 15.2 Å². The van der Waals surface area contributed by atoms with Gasteiger partial charge in [0.2, 0.25) is 0 Å². The zero-order valence-corrected chi connectivity index (χ0v) is 19.7. The molecular formula is C26H28F3N5O. The molecule has 1 amide bonds. The van der Waals surface area contributed by atoms with Crippen LogP contribution in [0.25, 0.3) is 11.1 Å². The van der Waals surface area contributed by atoms with E-state index in [0.717, 1.165) is 35.8 Å². The van der Waals surface area contributed by atoms with Crippen LogP contribution in [0, 0.1) is 6.92 Å². The van der Waals surface area contributed by atoms with Crippen LogP contribution in [-0.4, -0.2) is 53.9 Å². The lowest BCUT2D eigenvalue weighted by Gasteiger charge is -2.33. The van der Waals surface area contributed by atoms with E-state index in [9.17, 15) is 18.0 Å². The van der Waals surface area contributed by atoms with E-state index in [1.54, 1.807) is 30.5 Å². The van der Waals surface area contributed by atoms with Crippen molar-refractivity contribution in [2.75, 3.05) is 44.3 Å². The molecule has 1 aliphatic heterocycles. The van der Waals surface area contributed by atoms with Crippen molar-refractivity contribution in [3.8, 4) is 11.1 Å². The summed E-state index contributed by atoms with van der Waals surface area (Å²) in [6.45, 7) is 5.18. The van der Waals surface area contributed by atoms with E-state index in [-0.39, 0.29) is 17.8 Å². The number of benzene rings is 2. The zero-order chi connectivity index (χ0) is 25.2. The number of likely N-dealkylation sites (N-methyl/N-ethyl adjacent to an activating group) is 1. The minimum absolute atomic E-state index is 0.0946. The first-order valence-corrected chi connectivity index (χ1v) is 11.3. The van der Waals surface area contributed by atoms with Gasteiger partial charge in [0.05, 0.1) is 11.3 Å². The predicted molar refractivity (Wildman–Crippen MR) is 131 cm³/mol. The number of carbonyl (C=O) groups excluding carboxylic acids is 1. The van der Waals surface area contributed by atoms with Crippen molar-refractivity contribution < 1.29 is 18.0 Å². The lowest BCUT2D eigenvalue weighted by atomic mass is 9.98. The van der Waals surface area contributed by atoms with Crippen LogP contribution in [0.1, 0.15) is 27.0 Å². The summed E-state index contributed by atoms with van der Waals surface area (Å²) in [5.41, 5.74) is 8.66. The van der Waals surface area contributed by atoms with Crippen LogP contribution in [-0.2, 0) is 12.7 Å². The lowest BCUT2D eigenvalue weighted by Crippen LogP contribution is -2.44. The number of nitrogens with zero attached hydrogens (tertiary/aromatic N) is 3. The number of hydrogen-bond donors (Lipinski definition) is 2. The van der Waals surface area contributed by atoms with Crippen molar-refractivity contribution >= 4 is 17.3 Å². The van der Waals surface area contributed by atoms with E-state index in [4.69, 9.17) is 5.73 Å². The highest BCUT2D eigenvalue weighted by atomic mass is 19.4. The molecule has 2 aromatic carbocycles. The van der Waals surface area contributed by atoms with Gasteiger partial charge in [0.1, 0.15) is 0 Å². The fourth-order valence-electron chi connectivity index (χ4n) is 4.19. The normalized spacial score (nSPS) is 15.2. The number of nitrogens with two attached hydrogens (primary N) is 1. The van der Waals surface area contributed by atoms with Crippen LogP contribution >= 0.6 is 0 Å². The third-order valence-corrected chi connectivity index (χ3v) is 6.23. The quantitative estimate of drug-likeness (QED) is 0.552. The summed E-state index contributed by atoms with van der Waals surface area (Å²) in [7, 11) is 2.00. The maximum Gasteiger partial charge on any atom is 0.416 e. The molecule has 2 heterocycles. The Morgan fingerprint density at radius 3 is 2.49 bits per heavy atom. The Morgan fingerprint density at radius 2 is 1.80 bits per heavy atom. The van der Waals surface area contributed by atoms with Crippen LogP contribution in [0.3, 0.4) is 0 Å². The van der Waals surface area contributed by atoms with Gasteiger partial charge in [-0.1, -0.05) is 12.1 Å². The third-order valence-electron chi connectivity index (χ3n) is 6.23. The molecule has 0 atom stereocenters. The second-order valence-corrected chi connectivity index (χ2v) is 8.94. The molecule has 0 unspecified atom stereocenters. The molecule has 1 saturated heterocycles. The van der Waals surface area contributed by atoms with Gasteiger partial charge < -0.3 is 16.0 Å². The highest BCUT2D eigenvalue weighted by molar-refractivity contribution is 6.05. The van der Waals surface area contributed by atoms with E-state index >= 15 is 0 Å². The van der Waals surface area contributed by atoms with Gasteiger partial charge in [0, 0.05) is 61.9 Å². The number of anilines is 2. The monoisotopic (exact) mass is 483 g/mol. The summed E-state index contributed by atoms with van der Waals surface area (Å²) < 4.78 is 41.6. The van der Waals surface area contributed by atoms with Crippen molar-refractivity contribution in [2.45, 2.75) is 19.6 Å². The van der Waals surface area contributed by atoms with Gasteiger partial charge in [0.15, 0.2) is 0 Å². The first kappa shape index (κ1) is 24.7. The maximum atomic E-state index is 13.9. The molecule has 0 aliphatic carbocycles. The number of rotatable bonds is 5. The topological polar surface area (TPSA) is 74.5 Å². The van der Waals surface area contributed by atoms with Crippen LogP contribution in [0.4, 0.5) is 24.5 Å². The number of pyridine rings is 1. The molecule has 1 fully saturated rings. The molecule has 35 heavy (non-hydrogen) atoms. The third kappa shape index (κ3) is 5.98. The van der Waals surface area contributed by atoms with E-state index < -0.39 is 17.6 Å². The molecule has 0 radical (unpaired) electrons. The number of aryl methyl sites for hydroxylation is 1. The smallest absolute Gasteiger partial charge is 0.397 e. The molecule has 0 bridgehead atoms. The molecule has 3 aromatic rings. The summed E-state index contributed by atoms with van der Waals surface area (Å²) >= 11 is 0. The van der Waals surface area contributed by atoms with Gasteiger partial charge in [0.25, 0.3) is 5.91 Å². The molecule has 6 nitrogen and oxygen atoms in total. The maximum absolute atomic E-state index is 13.9. The molecular weight excluding hydrogens is 455 g/mol. The number of aromatic nitrogens is 1. The summed E-state index contributed by atoms with van der Waals surface area (Å²) in [6, 6.07) is 10.9. The Balaban J connectivity index is 1.56. The summed E-state index contributed by atoms with van der Waals surface area (Å²) in [6.07, 6.45) is -1.35. The van der Waals surface area contributed by atoms with E-state index in [1.807, 2.05) is 18.9 Å². The van der Waals surface area contributed by atoms with Crippen molar-refractivity contribution in [1.82, 2.24) is 14.8 Å². The molecule has 1 aromatic heterocycles. The highest BCUT2D eigenvalue weighted by Crippen LogP contribution is 2.35. The minimum atomic E-state index is -4.53. The summed E-state index contributed by atoms with van der Waals surface area (Å²) in [5, 5.41) is 2.62. The highest BCUT2D eigenvalue weighted by Gasteiger charge is 2.34. The number of halogens is 3. The number of hydrogen-bond acceptors (Lipinski definition) is 5. The fourth-order valence-corrected chi connectivity index (χ4v) is 4.19. The number of amides is 1. The van der Waals surface area contributed by atoms with Crippen molar-refractivity contribution in [3.05, 3.63) is 77.1 Å². The Morgan fingerprint density at radius 1 is 1.06 bits per heavy atom. The van der Waals surface area contributed by atoms with Gasteiger partial charge in [-0.15, -0.1) is 0 Å². The van der Waals surface area contributed by atoms with E-state index in [1.165, 1.54) is 18.3 Å². The molecule has 184 valence electrons. The number of piperazine rings is 1. The second kappa shape index (κ2) is 10.1. The standard InChI is InChI=1S/C26H28F3N5O/c1-17-3-4-18(12-23(17)20-11-21(30)15-31-14-20)25(35)32-22-6-5-19(24(13-22)26(27,28)29)16-34-9-7-33(2)8-10-34/h3-6,11-15H,7-10,16,30H2,1-2H3,(H,32,35).